The van der Waals surface area contributed by atoms with Crippen molar-refractivity contribution in [1.82, 2.24) is 0 Å². The third kappa shape index (κ3) is 2.23. The molecule has 82 valence electrons. The minimum Gasteiger partial charge on any atom is -0.496 e. The van der Waals surface area contributed by atoms with E-state index in [1.54, 1.807) is 19.1 Å². The molecule has 0 saturated heterocycles. The molecule has 0 aliphatic rings. The van der Waals surface area contributed by atoms with Gasteiger partial charge >= 0.3 is 5.97 Å². The summed E-state index contributed by atoms with van der Waals surface area (Å²) in [5, 5.41) is 9.38. The van der Waals surface area contributed by atoms with Gasteiger partial charge in [-0.05, 0) is 25.5 Å². The van der Waals surface area contributed by atoms with E-state index < -0.39 is 11.9 Å². The number of rotatable bonds is 3. The summed E-state index contributed by atoms with van der Waals surface area (Å²) in [5.74, 6) is -1.04. The van der Waals surface area contributed by atoms with Crippen molar-refractivity contribution >= 4 is 17.6 Å². The van der Waals surface area contributed by atoms with Gasteiger partial charge in [0.05, 0.1) is 13.0 Å². The maximum absolute atomic E-state index is 10.9. The number of carboxylic acid groups (broad SMARTS) is 1. The molecular weight excluding hydrogens is 216 g/mol. The molecule has 0 aromatic heterocycles. The quantitative estimate of drug-likeness (QED) is 0.865. The molecule has 1 atom stereocenters. The maximum Gasteiger partial charge on any atom is 0.310 e. The second-order valence-corrected chi connectivity index (χ2v) is 3.78. The van der Waals surface area contributed by atoms with Gasteiger partial charge in [0.25, 0.3) is 0 Å². The second-order valence-electron chi connectivity index (χ2n) is 3.37. The van der Waals surface area contributed by atoms with Crippen LogP contribution in [-0.2, 0) is 4.79 Å². The number of ether oxygens (including phenoxy) is 1. The molecule has 0 aliphatic carbocycles. The first kappa shape index (κ1) is 11.9. The van der Waals surface area contributed by atoms with Crippen molar-refractivity contribution in [3.8, 4) is 5.75 Å². The highest BCUT2D eigenvalue weighted by atomic mass is 35.5. The Balaban J connectivity index is 3.37. The number of benzene rings is 1. The molecular formula is C11H13ClO3. The number of carbonyl (C=O) groups is 1. The molecule has 0 spiro atoms. The normalized spacial score (nSPS) is 12.3. The van der Waals surface area contributed by atoms with E-state index in [1.165, 1.54) is 7.11 Å². The van der Waals surface area contributed by atoms with E-state index in [9.17, 15) is 4.79 Å². The van der Waals surface area contributed by atoms with Crippen LogP contribution in [0.4, 0.5) is 0 Å². The van der Waals surface area contributed by atoms with Gasteiger partial charge in [0.15, 0.2) is 0 Å². The Bertz CT molecular complexity index is 388. The van der Waals surface area contributed by atoms with Gasteiger partial charge in [-0.1, -0.05) is 17.7 Å². The van der Waals surface area contributed by atoms with Crippen LogP contribution in [0.5, 0.6) is 5.75 Å². The van der Waals surface area contributed by atoms with E-state index in [4.69, 9.17) is 21.4 Å². The molecule has 0 bridgehead atoms. The summed E-state index contributed by atoms with van der Waals surface area (Å²) >= 11 is 5.98. The molecule has 1 N–H and O–H groups in total. The van der Waals surface area contributed by atoms with E-state index in [0.29, 0.717) is 16.3 Å². The molecule has 15 heavy (non-hydrogen) atoms. The highest BCUT2D eigenvalue weighted by molar-refractivity contribution is 6.31. The molecule has 1 aromatic rings. The minimum atomic E-state index is -0.916. The largest absolute Gasteiger partial charge is 0.496 e. The lowest BCUT2D eigenvalue weighted by molar-refractivity contribution is -0.138. The molecule has 1 unspecified atom stereocenters. The number of hydrogen-bond donors (Lipinski definition) is 1. The smallest absolute Gasteiger partial charge is 0.310 e. The third-order valence-corrected chi connectivity index (χ3v) is 2.68. The summed E-state index contributed by atoms with van der Waals surface area (Å²) in [6.45, 7) is 3.44. The van der Waals surface area contributed by atoms with Crippen LogP contribution in [0.25, 0.3) is 0 Å². The third-order valence-electron chi connectivity index (χ3n) is 2.35. The summed E-state index contributed by atoms with van der Waals surface area (Å²) in [6.07, 6.45) is 0. The highest BCUT2D eigenvalue weighted by Gasteiger charge is 2.22. The Hall–Kier alpha value is -1.22. The molecule has 0 amide bonds. The standard InChI is InChI=1S/C11H13ClO3/c1-6-4-5-8(12)9(10(6)15-3)7(2)11(13)14/h4-5,7H,1-3H3,(H,13,14). The van der Waals surface area contributed by atoms with Crippen molar-refractivity contribution in [3.63, 3.8) is 0 Å². The lowest BCUT2D eigenvalue weighted by atomic mass is 9.98. The number of aryl methyl sites for hydroxylation is 1. The number of carboxylic acids is 1. The van der Waals surface area contributed by atoms with Crippen LogP contribution in [0.2, 0.25) is 5.02 Å². The Labute approximate surface area is 93.6 Å². The minimum absolute atomic E-state index is 0.423. The zero-order chi connectivity index (χ0) is 11.6. The van der Waals surface area contributed by atoms with Crippen LogP contribution in [0.15, 0.2) is 12.1 Å². The number of hydrogen-bond acceptors (Lipinski definition) is 2. The predicted molar refractivity (Wildman–Crippen MR) is 58.8 cm³/mol. The lowest BCUT2D eigenvalue weighted by Gasteiger charge is -2.15. The van der Waals surface area contributed by atoms with Crippen molar-refractivity contribution in [1.29, 1.82) is 0 Å². The lowest BCUT2D eigenvalue weighted by Crippen LogP contribution is -2.10. The Morgan fingerprint density at radius 1 is 1.53 bits per heavy atom. The molecule has 0 fully saturated rings. The highest BCUT2D eigenvalue weighted by Crippen LogP contribution is 2.35. The van der Waals surface area contributed by atoms with Crippen LogP contribution < -0.4 is 4.74 Å². The molecule has 0 saturated carbocycles. The summed E-state index contributed by atoms with van der Waals surface area (Å²) in [7, 11) is 1.51. The zero-order valence-corrected chi connectivity index (χ0v) is 9.63. The van der Waals surface area contributed by atoms with Gasteiger partial charge in [-0.3, -0.25) is 4.79 Å². The molecule has 0 radical (unpaired) electrons. The van der Waals surface area contributed by atoms with Gasteiger partial charge < -0.3 is 9.84 Å². The molecule has 0 heterocycles. The van der Waals surface area contributed by atoms with Gasteiger partial charge in [0.2, 0.25) is 0 Å². The molecule has 1 rings (SSSR count). The van der Waals surface area contributed by atoms with Crippen LogP contribution in [0.1, 0.15) is 24.0 Å². The summed E-state index contributed by atoms with van der Waals surface area (Å²) in [5.41, 5.74) is 1.41. The van der Waals surface area contributed by atoms with E-state index in [0.717, 1.165) is 5.56 Å². The average Bonchev–Trinajstić information content (AvgIpc) is 2.19. The maximum atomic E-state index is 10.9. The van der Waals surface area contributed by atoms with Crippen LogP contribution in [-0.4, -0.2) is 18.2 Å². The van der Waals surface area contributed by atoms with Crippen LogP contribution in [0, 0.1) is 6.92 Å². The van der Waals surface area contributed by atoms with E-state index in [2.05, 4.69) is 0 Å². The summed E-state index contributed by atoms with van der Waals surface area (Å²) in [4.78, 5) is 10.9. The van der Waals surface area contributed by atoms with Gasteiger partial charge in [0, 0.05) is 10.6 Å². The van der Waals surface area contributed by atoms with Gasteiger partial charge in [0.1, 0.15) is 5.75 Å². The number of aliphatic carboxylic acids is 1. The van der Waals surface area contributed by atoms with Crippen LogP contribution in [0.3, 0.4) is 0 Å². The second kappa shape index (κ2) is 4.53. The first-order valence-electron chi connectivity index (χ1n) is 4.54. The van der Waals surface area contributed by atoms with Crippen molar-refractivity contribution in [2.24, 2.45) is 0 Å². The van der Waals surface area contributed by atoms with Crippen molar-refractivity contribution < 1.29 is 14.6 Å². The van der Waals surface area contributed by atoms with E-state index in [1.807, 2.05) is 6.92 Å². The fourth-order valence-corrected chi connectivity index (χ4v) is 1.79. The van der Waals surface area contributed by atoms with Crippen molar-refractivity contribution in [2.75, 3.05) is 7.11 Å². The van der Waals surface area contributed by atoms with Crippen LogP contribution >= 0.6 is 11.6 Å². The first-order chi connectivity index (χ1) is 6.99. The summed E-state index contributed by atoms with van der Waals surface area (Å²) < 4.78 is 5.18. The Morgan fingerprint density at radius 3 is 2.60 bits per heavy atom. The Kier molecular flexibility index (Phi) is 3.58. The summed E-state index contributed by atoms with van der Waals surface area (Å²) in [6, 6.07) is 3.49. The molecule has 1 aromatic carbocycles. The van der Waals surface area contributed by atoms with Gasteiger partial charge in [-0.25, -0.2) is 0 Å². The average molecular weight is 229 g/mol. The van der Waals surface area contributed by atoms with Crippen molar-refractivity contribution in [3.05, 3.63) is 28.3 Å². The SMILES string of the molecule is COc1c(C)ccc(Cl)c1C(C)C(=O)O. The van der Waals surface area contributed by atoms with E-state index in [-0.39, 0.29) is 0 Å². The Morgan fingerprint density at radius 2 is 2.13 bits per heavy atom. The number of methoxy groups -OCH3 is 1. The fraction of sp³-hybridized carbons (Fsp3) is 0.364. The van der Waals surface area contributed by atoms with E-state index >= 15 is 0 Å². The topological polar surface area (TPSA) is 46.5 Å². The molecule has 4 heteroatoms. The number of halogens is 1. The monoisotopic (exact) mass is 228 g/mol. The van der Waals surface area contributed by atoms with Crippen molar-refractivity contribution in [2.45, 2.75) is 19.8 Å². The zero-order valence-electron chi connectivity index (χ0n) is 8.87. The fourth-order valence-electron chi connectivity index (χ4n) is 1.48. The first-order valence-corrected chi connectivity index (χ1v) is 4.92. The molecule has 3 nitrogen and oxygen atoms in total. The predicted octanol–water partition coefficient (Wildman–Crippen LogP) is 2.85. The van der Waals surface area contributed by atoms with Gasteiger partial charge in [-0.2, -0.15) is 0 Å². The van der Waals surface area contributed by atoms with Gasteiger partial charge in [-0.15, -0.1) is 0 Å². The molecule has 0 aliphatic heterocycles.